The fourth-order valence-electron chi connectivity index (χ4n) is 1.99. The third-order valence-corrected chi connectivity index (χ3v) is 2.98. The number of pyridine rings is 1. The van der Waals surface area contributed by atoms with Crippen LogP contribution in [0, 0.1) is 10.1 Å². The van der Waals surface area contributed by atoms with Crippen LogP contribution in [0.3, 0.4) is 0 Å². The highest BCUT2D eigenvalue weighted by atomic mass is 16.6. The van der Waals surface area contributed by atoms with Crippen LogP contribution in [0.25, 0.3) is 11.3 Å². The zero-order valence-electron chi connectivity index (χ0n) is 10.4. The molecule has 0 amide bonds. The Morgan fingerprint density at radius 1 is 1.39 bits per heavy atom. The second-order valence-corrected chi connectivity index (χ2v) is 4.05. The van der Waals surface area contributed by atoms with Crippen LogP contribution in [-0.2, 0) is 12.8 Å². The molecule has 0 aliphatic rings. The fourth-order valence-corrected chi connectivity index (χ4v) is 1.99. The zero-order valence-corrected chi connectivity index (χ0v) is 10.4. The van der Waals surface area contributed by atoms with Gasteiger partial charge in [-0.05, 0) is 24.5 Å². The molecule has 0 unspecified atom stereocenters. The number of rotatable bonds is 4. The molecule has 2 aromatic heterocycles. The molecule has 2 heterocycles. The second-order valence-electron chi connectivity index (χ2n) is 4.05. The van der Waals surface area contributed by atoms with Gasteiger partial charge in [-0.25, -0.2) is 0 Å². The molecule has 0 fully saturated rings. The highest BCUT2D eigenvalue weighted by Crippen LogP contribution is 2.32. The van der Waals surface area contributed by atoms with E-state index in [0.717, 1.165) is 29.7 Å². The first-order valence-corrected chi connectivity index (χ1v) is 5.96. The highest BCUT2D eigenvalue weighted by molar-refractivity contribution is 5.73. The number of aromatic nitrogens is 2. The van der Waals surface area contributed by atoms with Crippen molar-refractivity contribution in [2.75, 3.05) is 0 Å². The summed E-state index contributed by atoms with van der Waals surface area (Å²) in [6.45, 7) is 3.97. The molecule has 1 N–H and O–H groups in total. The van der Waals surface area contributed by atoms with Crippen LogP contribution in [0.2, 0.25) is 0 Å². The van der Waals surface area contributed by atoms with Crippen molar-refractivity contribution in [2.45, 2.75) is 26.7 Å². The maximum atomic E-state index is 11.1. The predicted octanol–water partition coefficient (Wildman–Crippen LogP) is 3.11. The minimum Gasteiger partial charge on any atom is -0.353 e. The van der Waals surface area contributed by atoms with E-state index in [0.29, 0.717) is 5.69 Å². The van der Waals surface area contributed by atoms with Gasteiger partial charge in [0.2, 0.25) is 0 Å². The van der Waals surface area contributed by atoms with Gasteiger partial charge in [0.25, 0.3) is 5.69 Å². The third kappa shape index (κ3) is 2.11. The van der Waals surface area contributed by atoms with E-state index in [-0.39, 0.29) is 10.6 Å². The Balaban J connectivity index is 2.62. The van der Waals surface area contributed by atoms with Crippen molar-refractivity contribution >= 4 is 5.69 Å². The van der Waals surface area contributed by atoms with E-state index in [4.69, 9.17) is 0 Å². The number of aromatic amines is 1. The standard InChI is InChI=1S/C13H15N3O2/c1-3-9-8-14-6-5-11(9)13-12(16(17)18)7-10(4-2)15-13/h5-8,15H,3-4H2,1-2H3. The molecular formula is C13H15N3O2. The monoisotopic (exact) mass is 245 g/mol. The number of H-pyrrole nitrogens is 1. The molecule has 0 saturated heterocycles. The third-order valence-electron chi connectivity index (χ3n) is 2.98. The van der Waals surface area contributed by atoms with E-state index >= 15 is 0 Å². The van der Waals surface area contributed by atoms with Crippen molar-refractivity contribution in [3.05, 3.63) is 45.9 Å². The van der Waals surface area contributed by atoms with Crippen LogP contribution in [0.15, 0.2) is 24.5 Å². The van der Waals surface area contributed by atoms with Gasteiger partial charge in [-0.15, -0.1) is 0 Å². The first-order chi connectivity index (χ1) is 8.67. The van der Waals surface area contributed by atoms with E-state index in [1.54, 1.807) is 18.5 Å². The molecule has 0 spiro atoms. The molecule has 5 heteroatoms. The number of hydrogen-bond donors (Lipinski definition) is 1. The average molecular weight is 245 g/mol. The zero-order chi connectivity index (χ0) is 13.1. The van der Waals surface area contributed by atoms with Crippen molar-refractivity contribution in [1.29, 1.82) is 0 Å². The Hall–Kier alpha value is -2.17. The number of nitro groups is 1. The lowest BCUT2D eigenvalue weighted by Gasteiger charge is -2.04. The first kappa shape index (κ1) is 12.3. The number of aryl methyl sites for hydroxylation is 2. The van der Waals surface area contributed by atoms with E-state index in [2.05, 4.69) is 9.97 Å². The second kappa shape index (κ2) is 5.00. The number of hydrogen-bond acceptors (Lipinski definition) is 3. The quantitative estimate of drug-likeness (QED) is 0.664. The van der Waals surface area contributed by atoms with Gasteiger partial charge in [0.15, 0.2) is 0 Å². The van der Waals surface area contributed by atoms with E-state index < -0.39 is 0 Å². The van der Waals surface area contributed by atoms with Gasteiger partial charge in [-0.1, -0.05) is 13.8 Å². The molecule has 0 bridgehead atoms. The van der Waals surface area contributed by atoms with Crippen LogP contribution >= 0.6 is 0 Å². The summed E-state index contributed by atoms with van der Waals surface area (Å²) < 4.78 is 0. The van der Waals surface area contributed by atoms with Crippen LogP contribution in [0.4, 0.5) is 5.69 Å². The normalized spacial score (nSPS) is 10.6. The van der Waals surface area contributed by atoms with Crippen molar-refractivity contribution in [3.63, 3.8) is 0 Å². The first-order valence-electron chi connectivity index (χ1n) is 5.96. The molecule has 0 aromatic carbocycles. The molecule has 2 aromatic rings. The predicted molar refractivity (Wildman–Crippen MR) is 69.4 cm³/mol. The van der Waals surface area contributed by atoms with Crippen LogP contribution < -0.4 is 0 Å². The Labute approximate surface area is 105 Å². The van der Waals surface area contributed by atoms with E-state index in [1.165, 1.54) is 0 Å². The molecule has 2 rings (SSSR count). The number of nitrogens with zero attached hydrogens (tertiary/aromatic N) is 2. The Morgan fingerprint density at radius 3 is 2.78 bits per heavy atom. The molecule has 0 aliphatic heterocycles. The van der Waals surface area contributed by atoms with Crippen LogP contribution in [0.1, 0.15) is 25.1 Å². The molecule has 0 aliphatic carbocycles. The summed E-state index contributed by atoms with van der Waals surface area (Å²) in [4.78, 5) is 17.9. The van der Waals surface area contributed by atoms with Gasteiger partial charge in [0, 0.05) is 29.7 Å². The Kier molecular flexibility index (Phi) is 3.41. The van der Waals surface area contributed by atoms with Gasteiger partial charge in [-0.3, -0.25) is 15.1 Å². The van der Waals surface area contributed by atoms with Crippen LogP contribution in [-0.4, -0.2) is 14.9 Å². The average Bonchev–Trinajstić information content (AvgIpc) is 2.83. The topological polar surface area (TPSA) is 71.8 Å². The van der Waals surface area contributed by atoms with Gasteiger partial charge < -0.3 is 4.98 Å². The van der Waals surface area contributed by atoms with Gasteiger partial charge >= 0.3 is 0 Å². The van der Waals surface area contributed by atoms with Crippen molar-refractivity contribution < 1.29 is 4.92 Å². The molecular weight excluding hydrogens is 230 g/mol. The molecule has 0 atom stereocenters. The van der Waals surface area contributed by atoms with Crippen LogP contribution in [0.5, 0.6) is 0 Å². The molecule has 0 radical (unpaired) electrons. The van der Waals surface area contributed by atoms with Gasteiger partial charge in [-0.2, -0.15) is 0 Å². The summed E-state index contributed by atoms with van der Waals surface area (Å²) in [7, 11) is 0. The van der Waals surface area contributed by atoms with Gasteiger partial charge in [0.05, 0.1) is 4.92 Å². The Bertz CT molecular complexity index is 575. The van der Waals surface area contributed by atoms with Crippen molar-refractivity contribution in [2.24, 2.45) is 0 Å². The minimum absolute atomic E-state index is 0.132. The Morgan fingerprint density at radius 2 is 2.17 bits per heavy atom. The summed E-state index contributed by atoms with van der Waals surface area (Å²) in [5.74, 6) is 0. The SMILES string of the molecule is CCc1cc([N+](=O)[O-])c(-c2ccncc2CC)[nH]1. The summed E-state index contributed by atoms with van der Waals surface area (Å²) in [5, 5.41) is 11.1. The smallest absolute Gasteiger partial charge is 0.295 e. The highest BCUT2D eigenvalue weighted by Gasteiger charge is 2.20. The maximum absolute atomic E-state index is 11.1. The van der Waals surface area contributed by atoms with Crippen molar-refractivity contribution in [1.82, 2.24) is 9.97 Å². The maximum Gasteiger partial charge on any atom is 0.295 e. The fraction of sp³-hybridized carbons (Fsp3) is 0.308. The molecule has 18 heavy (non-hydrogen) atoms. The lowest BCUT2D eigenvalue weighted by molar-refractivity contribution is -0.384. The van der Waals surface area contributed by atoms with E-state index in [1.807, 2.05) is 19.9 Å². The summed E-state index contributed by atoms with van der Waals surface area (Å²) >= 11 is 0. The summed E-state index contributed by atoms with van der Waals surface area (Å²) in [5.41, 5.74) is 3.45. The summed E-state index contributed by atoms with van der Waals surface area (Å²) in [6.07, 6.45) is 4.95. The number of nitrogens with one attached hydrogen (secondary N) is 1. The minimum atomic E-state index is -0.342. The molecule has 5 nitrogen and oxygen atoms in total. The van der Waals surface area contributed by atoms with Crippen molar-refractivity contribution in [3.8, 4) is 11.3 Å². The molecule has 94 valence electrons. The largest absolute Gasteiger partial charge is 0.353 e. The lowest BCUT2D eigenvalue weighted by atomic mass is 10.0. The van der Waals surface area contributed by atoms with E-state index in [9.17, 15) is 10.1 Å². The van der Waals surface area contributed by atoms with Gasteiger partial charge in [0.1, 0.15) is 5.69 Å². The molecule has 0 saturated carbocycles. The summed E-state index contributed by atoms with van der Waals surface area (Å²) in [6, 6.07) is 3.42. The lowest BCUT2D eigenvalue weighted by Crippen LogP contribution is -1.93.